The molecule has 0 unspecified atom stereocenters. The number of aromatic nitrogens is 8. The number of anilines is 2. The topological polar surface area (TPSA) is 153 Å². The lowest BCUT2D eigenvalue weighted by molar-refractivity contribution is -0.116. The van der Waals surface area contributed by atoms with Crippen molar-refractivity contribution >= 4 is 34.1 Å². The normalized spacial score (nSPS) is 11.0. The van der Waals surface area contributed by atoms with Gasteiger partial charge in [0.1, 0.15) is 5.01 Å². The van der Waals surface area contributed by atoms with Crippen molar-refractivity contribution in [3.8, 4) is 0 Å². The number of aryl methyl sites for hydroxylation is 5. The van der Waals surface area contributed by atoms with Crippen molar-refractivity contribution in [3.05, 3.63) is 99.7 Å². The Morgan fingerprint density at radius 1 is 0.773 bits per heavy atom. The molecule has 4 aromatic heterocycles. The van der Waals surface area contributed by atoms with Crippen molar-refractivity contribution in [2.24, 2.45) is 0 Å². The zero-order valence-electron chi connectivity index (χ0n) is 24.7. The number of carbonyl (C=O) groups is 2. The Morgan fingerprint density at radius 3 is 2.39 bits per heavy atom. The smallest absolute Gasteiger partial charge is 0.232 e. The summed E-state index contributed by atoms with van der Waals surface area (Å²) in [5, 5.41) is 32.1. The van der Waals surface area contributed by atoms with Crippen LogP contribution in [0.1, 0.15) is 58.0 Å². The van der Waals surface area contributed by atoms with Gasteiger partial charge in [-0.2, -0.15) is 5.10 Å². The number of unbranched alkanes of at least 4 members (excludes halogenated alkanes) is 1. The number of rotatable bonds is 14. The molecule has 226 valence electrons. The molecule has 0 saturated heterocycles. The summed E-state index contributed by atoms with van der Waals surface area (Å²) in [7, 11) is 0. The monoisotopic (exact) mass is 610 g/mol. The van der Waals surface area contributed by atoms with Gasteiger partial charge in [-0.25, -0.2) is 4.68 Å². The summed E-state index contributed by atoms with van der Waals surface area (Å²) < 4.78 is 1.81. The van der Waals surface area contributed by atoms with E-state index >= 15 is 0 Å². The van der Waals surface area contributed by atoms with Gasteiger partial charge in [-0.15, -0.1) is 20.4 Å². The summed E-state index contributed by atoms with van der Waals surface area (Å²) >= 11 is 1.38. The predicted octanol–water partition coefficient (Wildman–Crippen LogP) is 4.30. The Hall–Kier alpha value is -4.91. The van der Waals surface area contributed by atoms with Gasteiger partial charge in [-0.3, -0.25) is 14.6 Å². The van der Waals surface area contributed by atoms with E-state index in [0.29, 0.717) is 29.6 Å². The Balaban J connectivity index is 0.982. The molecule has 5 aromatic rings. The molecule has 44 heavy (non-hydrogen) atoms. The van der Waals surface area contributed by atoms with Crippen LogP contribution in [0.3, 0.4) is 0 Å². The minimum Gasteiger partial charge on any atom is -0.309 e. The van der Waals surface area contributed by atoms with Crippen molar-refractivity contribution in [2.45, 2.75) is 65.3 Å². The van der Waals surface area contributed by atoms with Crippen LogP contribution in [0.15, 0.2) is 60.9 Å². The standard InChI is InChI=1S/C31H34N10O2S/c1-21-8-7-9-22(2)26(21)20-41-19-25(36-40-41)14-16-28(42)33-27-15-13-23(35-37-27)10-3-4-12-30-38-39-31(44-30)34-29(43)18-24-11-5-6-17-32-24/h5-9,11,13,15,17,19H,3-4,10,12,14,16,18,20H2,1-2H3,(H,33,37,42)(H,34,39,43). The van der Waals surface area contributed by atoms with E-state index in [1.165, 1.54) is 28.0 Å². The molecule has 4 heterocycles. The summed E-state index contributed by atoms with van der Waals surface area (Å²) in [6, 6.07) is 15.4. The van der Waals surface area contributed by atoms with Crippen LogP contribution in [0.5, 0.6) is 0 Å². The summed E-state index contributed by atoms with van der Waals surface area (Å²) in [5.74, 6) is 0.0999. The highest BCUT2D eigenvalue weighted by Crippen LogP contribution is 2.18. The summed E-state index contributed by atoms with van der Waals surface area (Å²) in [6.45, 7) is 4.83. The maximum absolute atomic E-state index is 12.5. The molecule has 0 atom stereocenters. The van der Waals surface area contributed by atoms with Crippen LogP contribution in [0, 0.1) is 13.8 Å². The average Bonchev–Trinajstić information content (AvgIpc) is 3.66. The molecular formula is C31H34N10O2S. The van der Waals surface area contributed by atoms with Gasteiger partial charge in [0.2, 0.25) is 16.9 Å². The highest BCUT2D eigenvalue weighted by Gasteiger charge is 2.11. The van der Waals surface area contributed by atoms with Crippen molar-refractivity contribution < 1.29 is 9.59 Å². The molecule has 0 aliphatic rings. The number of carbonyl (C=O) groups excluding carboxylic acids is 2. The molecule has 0 fully saturated rings. The van der Waals surface area contributed by atoms with Gasteiger partial charge in [-0.1, -0.05) is 40.8 Å². The van der Waals surface area contributed by atoms with Crippen LogP contribution in [0.2, 0.25) is 0 Å². The zero-order valence-corrected chi connectivity index (χ0v) is 25.5. The molecule has 13 heteroatoms. The molecule has 0 saturated carbocycles. The summed E-state index contributed by atoms with van der Waals surface area (Å²) in [4.78, 5) is 28.8. The number of amides is 2. The van der Waals surface area contributed by atoms with Gasteiger partial charge in [0.05, 0.1) is 24.4 Å². The van der Waals surface area contributed by atoms with E-state index in [1.807, 2.05) is 41.2 Å². The number of hydrogen-bond acceptors (Lipinski definition) is 10. The van der Waals surface area contributed by atoms with Gasteiger partial charge < -0.3 is 10.6 Å². The number of benzene rings is 1. The molecular weight excluding hydrogens is 576 g/mol. The van der Waals surface area contributed by atoms with Crippen molar-refractivity contribution in [1.82, 2.24) is 40.4 Å². The molecule has 2 amide bonds. The Kier molecular flexibility index (Phi) is 10.4. The molecule has 0 aliphatic heterocycles. The first-order valence-corrected chi connectivity index (χ1v) is 15.3. The predicted molar refractivity (Wildman–Crippen MR) is 167 cm³/mol. The van der Waals surface area contributed by atoms with E-state index < -0.39 is 0 Å². The van der Waals surface area contributed by atoms with Crippen LogP contribution in [-0.2, 0) is 41.8 Å². The Bertz CT molecular complexity index is 1670. The van der Waals surface area contributed by atoms with Crippen LogP contribution in [-0.4, -0.2) is 52.2 Å². The van der Waals surface area contributed by atoms with E-state index in [-0.39, 0.29) is 24.7 Å². The third-order valence-corrected chi connectivity index (χ3v) is 7.90. The second kappa shape index (κ2) is 15.0. The molecule has 12 nitrogen and oxygen atoms in total. The third-order valence-electron chi connectivity index (χ3n) is 7.00. The minimum atomic E-state index is -0.168. The maximum Gasteiger partial charge on any atom is 0.232 e. The highest BCUT2D eigenvalue weighted by atomic mass is 32.1. The number of nitrogens with one attached hydrogen (secondary N) is 2. The average molecular weight is 611 g/mol. The zero-order chi connectivity index (χ0) is 30.7. The fourth-order valence-electron chi connectivity index (χ4n) is 4.62. The second-order valence-electron chi connectivity index (χ2n) is 10.5. The minimum absolute atomic E-state index is 0.152. The maximum atomic E-state index is 12.5. The van der Waals surface area contributed by atoms with E-state index in [2.05, 4.69) is 72.3 Å². The van der Waals surface area contributed by atoms with Crippen LogP contribution in [0.4, 0.5) is 10.9 Å². The van der Waals surface area contributed by atoms with Crippen molar-refractivity contribution in [3.63, 3.8) is 0 Å². The fourth-order valence-corrected chi connectivity index (χ4v) is 5.41. The SMILES string of the molecule is Cc1cccc(C)c1Cn1cc(CCC(=O)Nc2ccc(CCCCc3nnc(NC(=O)Cc4ccccn4)s3)nn2)nn1. The van der Waals surface area contributed by atoms with E-state index in [1.54, 1.807) is 12.3 Å². The Morgan fingerprint density at radius 2 is 1.61 bits per heavy atom. The first-order chi connectivity index (χ1) is 21.4. The lowest BCUT2D eigenvalue weighted by Crippen LogP contribution is -2.14. The molecule has 5 rings (SSSR count). The highest BCUT2D eigenvalue weighted by molar-refractivity contribution is 7.15. The van der Waals surface area contributed by atoms with Crippen LogP contribution >= 0.6 is 11.3 Å². The van der Waals surface area contributed by atoms with E-state index in [0.717, 1.165) is 42.1 Å². The summed E-state index contributed by atoms with van der Waals surface area (Å²) in [5.41, 5.74) is 5.99. The fraction of sp³-hybridized carbons (Fsp3) is 0.323. The molecule has 0 radical (unpaired) electrons. The van der Waals surface area contributed by atoms with E-state index in [9.17, 15) is 9.59 Å². The lowest BCUT2D eigenvalue weighted by atomic mass is 10.0. The molecule has 1 aromatic carbocycles. The molecule has 2 N–H and O–H groups in total. The van der Waals surface area contributed by atoms with Crippen molar-refractivity contribution in [1.29, 1.82) is 0 Å². The number of hydrogen-bond donors (Lipinski definition) is 2. The summed E-state index contributed by atoms with van der Waals surface area (Å²) in [6.07, 6.45) is 7.80. The van der Waals surface area contributed by atoms with E-state index in [4.69, 9.17) is 0 Å². The number of pyridine rings is 1. The molecule has 0 aliphatic carbocycles. The van der Waals surface area contributed by atoms with Gasteiger partial charge in [0.15, 0.2) is 5.82 Å². The van der Waals surface area contributed by atoms with Gasteiger partial charge in [0, 0.05) is 37.4 Å². The quantitative estimate of drug-likeness (QED) is 0.175. The van der Waals surface area contributed by atoms with Crippen LogP contribution < -0.4 is 10.6 Å². The van der Waals surface area contributed by atoms with Gasteiger partial charge >= 0.3 is 0 Å². The third kappa shape index (κ3) is 9.04. The van der Waals surface area contributed by atoms with Gasteiger partial charge in [-0.05, 0) is 74.1 Å². The first-order valence-electron chi connectivity index (χ1n) is 14.5. The van der Waals surface area contributed by atoms with Gasteiger partial charge in [0.25, 0.3) is 0 Å². The molecule has 0 bridgehead atoms. The van der Waals surface area contributed by atoms with Crippen molar-refractivity contribution in [2.75, 3.05) is 10.6 Å². The van der Waals surface area contributed by atoms with Crippen LogP contribution in [0.25, 0.3) is 0 Å². The Labute approximate surface area is 259 Å². The lowest BCUT2D eigenvalue weighted by Gasteiger charge is -2.08. The first kappa shape index (κ1) is 30.5. The number of nitrogens with zero attached hydrogens (tertiary/aromatic N) is 8. The molecule has 0 spiro atoms. The largest absolute Gasteiger partial charge is 0.309 e. The second-order valence-corrected chi connectivity index (χ2v) is 11.6.